The van der Waals surface area contributed by atoms with Crippen molar-refractivity contribution in [1.29, 1.82) is 0 Å². The van der Waals surface area contributed by atoms with Crippen LogP contribution in [0.2, 0.25) is 0 Å². The number of nitrogens with one attached hydrogen (secondary N) is 1. The van der Waals surface area contributed by atoms with E-state index in [9.17, 15) is 13.2 Å². The van der Waals surface area contributed by atoms with E-state index in [0.29, 0.717) is 23.9 Å². The standard InChI is InChI=1S/C22H23F3N4S/c1-17-6-8-18(9-7-17)15-29(12-3-11-28-13-10-26-16-28)21(30)27-20-5-2-4-19(14-20)22(23,24)25/h2,4-10,13-14,16H,3,11-12,15H2,1H3,(H,27,30). The van der Waals surface area contributed by atoms with Gasteiger partial charge in [-0.1, -0.05) is 35.9 Å². The van der Waals surface area contributed by atoms with Gasteiger partial charge in [-0.05, 0) is 49.3 Å². The van der Waals surface area contributed by atoms with Crippen LogP contribution in [0.5, 0.6) is 0 Å². The number of halogens is 3. The van der Waals surface area contributed by atoms with E-state index in [0.717, 1.165) is 36.2 Å². The Bertz CT molecular complexity index is 953. The summed E-state index contributed by atoms with van der Waals surface area (Å²) in [6.07, 6.45) is 1.79. The number of thiocarbonyl (C=S) groups is 1. The molecule has 30 heavy (non-hydrogen) atoms. The van der Waals surface area contributed by atoms with Crippen LogP contribution in [0.1, 0.15) is 23.1 Å². The van der Waals surface area contributed by atoms with Crippen LogP contribution in [0, 0.1) is 6.92 Å². The first-order valence-corrected chi connectivity index (χ1v) is 9.96. The molecule has 158 valence electrons. The summed E-state index contributed by atoms with van der Waals surface area (Å²) in [5, 5.41) is 3.36. The highest BCUT2D eigenvalue weighted by Crippen LogP contribution is 2.30. The third-order valence-electron chi connectivity index (χ3n) is 4.63. The first kappa shape index (κ1) is 21.8. The highest BCUT2D eigenvalue weighted by molar-refractivity contribution is 7.80. The van der Waals surface area contributed by atoms with Crippen LogP contribution in [-0.2, 0) is 19.3 Å². The number of alkyl halides is 3. The fourth-order valence-corrected chi connectivity index (χ4v) is 3.28. The number of hydrogen-bond acceptors (Lipinski definition) is 2. The van der Waals surface area contributed by atoms with Gasteiger partial charge in [0.2, 0.25) is 0 Å². The molecule has 0 saturated heterocycles. The molecule has 0 spiro atoms. The van der Waals surface area contributed by atoms with E-state index in [1.807, 2.05) is 46.9 Å². The predicted octanol–water partition coefficient (Wildman–Crippen LogP) is 5.50. The first-order valence-electron chi connectivity index (χ1n) is 9.56. The normalized spacial score (nSPS) is 11.3. The third kappa shape index (κ3) is 6.32. The topological polar surface area (TPSA) is 33.1 Å². The number of rotatable bonds is 7. The van der Waals surface area contributed by atoms with E-state index in [-0.39, 0.29) is 0 Å². The maximum atomic E-state index is 13.0. The van der Waals surface area contributed by atoms with Gasteiger partial charge in [-0.25, -0.2) is 4.98 Å². The Morgan fingerprint density at radius 3 is 2.60 bits per heavy atom. The fourth-order valence-electron chi connectivity index (χ4n) is 3.01. The van der Waals surface area contributed by atoms with Gasteiger partial charge in [0.1, 0.15) is 0 Å². The maximum absolute atomic E-state index is 13.0. The van der Waals surface area contributed by atoms with Gasteiger partial charge in [0.05, 0.1) is 11.9 Å². The molecule has 1 heterocycles. The van der Waals surface area contributed by atoms with Gasteiger partial charge in [0.25, 0.3) is 0 Å². The van der Waals surface area contributed by atoms with Crippen molar-refractivity contribution in [3.05, 3.63) is 83.9 Å². The monoisotopic (exact) mass is 432 g/mol. The number of nitrogens with zero attached hydrogens (tertiary/aromatic N) is 3. The Kier molecular flexibility index (Phi) is 7.10. The summed E-state index contributed by atoms with van der Waals surface area (Å²) in [5.41, 5.74) is 1.85. The average Bonchev–Trinajstić information content (AvgIpc) is 3.22. The molecule has 8 heteroatoms. The summed E-state index contributed by atoms with van der Waals surface area (Å²) < 4.78 is 41.0. The average molecular weight is 433 g/mol. The quantitative estimate of drug-likeness (QED) is 0.500. The first-order chi connectivity index (χ1) is 14.3. The molecule has 0 unspecified atom stereocenters. The summed E-state index contributed by atoms with van der Waals surface area (Å²) in [4.78, 5) is 6.00. The Balaban J connectivity index is 1.70. The van der Waals surface area contributed by atoms with E-state index < -0.39 is 11.7 Å². The molecule has 2 aromatic carbocycles. The molecule has 1 aromatic heterocycles. The summed E-state index contributed by atoms with van der Waals surface area (Å²) in [5.74, 6) is 0. The summed E-state index contributed by atoms with van der Waals surface area (Å²) in [7, 11) is 0. The van der Waals surface area contributed by atoms with Gasteiger partial charge in [-0.15, -0.1) is 0 Å². The van der Waals surface area contributed by atoms with Gasteiger partial charge in [0.15, 0.2) is 5.11 Å². The van der Waals surface area contributed by atoms with Crippen LogP contribution in [-0.4, -0.2) is 26.1 Å². The van der Waals surface area contributed by atoms with E-state index in [1.165, 1.54) is 6.07 Å². The molecular formula is C22H23F3N4S. The van der Waals surface area contributed by atoms with Crippen molar-refractivity contribution >= 4 is 23.0 Å². The zero-order valence-corrected chi connectivity index (χ0v) is 17.4. The van der Waals surface area contributed by atoms with Crippen LogP contribution in [0.4, 0.5) is 18.9 Å². The number of anilines is 1. The summed E-state index contributed by atoms with van der Waals surface area (Å²) in [6, 6.07) is 13.2. The van der Waals surface area contributed by atoms with Crippen LogP contribution in [0.3, 0.4) is 0 Å². The Morgan fingerprint density at radius 1 is 1.17 bits per heavy atom. The molecule has 0 fully saturated rings. The molecule has 1 N–H and O–H groups in total. The van der Waals surface area contributed by atoms with Crippen LogP contribution in [0.25, 0.3) is 0 Å². The molecule has 0 radical (unpaired) electrons. The predicted molar refractivity (Wildman–Crippen MR) is 116 cm³/mol. The molecule has 0 atom stereocenters. The van der Waals surface area contributed by atoms with Crippen molar-refractivity contribution in [2.24, 2.45) is 0 Å². The molecule has 0 saturated carbocycles. The lowest BCUT2D eigenvalue weighted by Crippen LogP contribution is -2.35. The number of aromatic nitrogens is 2. The Morgan fingerprint density at radius 2 is 1.93 bits per heavy atom. The second-order valence-corrected chi connectivity index (χ2v) is 7.46. The number of aryl methyl sites for hydroxylation is 2. The Labute approximate surface area is 179 Å². The van der Waals surface area contributed by atoms with Crippen LogP contribution >= 0.6 is 12.2 Å². The fraction of sp³-hybridized carbons (Fsp3) is 0.273. The van der Waals surface area contributed by atoms with E-state index in [1.54, 1.807) is 18.6 Å². The molecule has 3 rings (SSSR count). The largest absolute Gasteiger partial charge is 0.416 e. The molecule has 0 amide bonds. The number of imidazole rings is 1. The lowest BCUT2D eigenvalue weighted by Gasteiger charge is -2.26. The smallest absolute Gasteiger partial charge is 0.345 e. The zero-order valence-electron chi connectivity index (χ0n) is 16.6. The van der Waals surface area contributed by atoms with Crippen molar-refractivity contribution in [2.75, 3.05) is 11.9 Å². The lowest BCUT2D eigenvalue weighted by molar-refractivity contribution is -0.137. The minimum atomic E-state index is -4.40. The van der Waals surface area contributed by atoms with Gasteiger partial charge < -0.3 is 14.8 Å². The van der Waals surface area contributed by atoms with E-state index in [4.69, 9.17) is 12.2 Å². The second-order valence-electron chi connectivity index (χ2n) is 7.07. The Hall–Kier alpha value is -2.87. The van der Waals surface area contributed by atoms with Crippen LogP contribution < -0.4 is 5.32 Å². The van der Waals surface area contributed by atoms with Crippen molar-refractivity contribution in [2.45, 2.75) is 32.6 Å². The van der Waals surface area contributed by atoms with Gasteiger partial charge >= 0.3 is 6.18 Å². The molecule has 0 bridgehead atoms. The number of benzene rings is 2. The molecular weight excluding hydrogens is 409 g/mol. The van der Waals surface area contributed by atoms with Gasteiger partial charge in [-0.3, -0.25) is 0 Å². The molecule has 3 aromatic rings. The van der Waals surface area contributed by atoms with Gasteiger partial charge in [0, 0.05) is 37.7 Å². The SMILES string of the molecule is Cc1ccc(CN(CCCn2ccnc2)C(=S)Nc2cccc(C(F)(F)F)c2)cc1. The maximum Gasteiger partial charge on any atom is 0.416 e. The second kappa shape index (κ2) is 9.75. The molecule has 0 aliphatic heterocycles. The van der Waals surface area contributed by atoms with E-state index >= 15 is 0 Å². The van der Waals surface area contributed by atoms with Crippen molar-refractivity contribution in [3.63, 3.8) is 0 Å². The molecule has 0 aliphatic rings. The lowest BCUT2D eigenvalue weighted by atomic mass is 10.1. The molecule has 0 aliphatic carbocycles. The minimum Gasteiger partial charge on any atom is -0.345 e. The van der Waals surface area contributed by atoms with Crippen molar-refractivity contribution in [3.8, 4) is 0 Å². The number of hydrogen-bond donors (Lipinski definition) is 1. The van der Waals surface area contributed by atoms with Crippen molar-refractivity contribution < 1.29 is 13.2 Å². The van der Waals surface area contributed by atoms with Crippen molar-refractivity contribution in [1.82, 2.24) is 14.5 Å². The highest BCUT2D eigenvalue weighted by atomic mass is 32.1. The molecule has 4 nitrogen and oxygen atoms in total. The zero-order chi connectivity index (χ0) is 21.6. The summed E-state index contributed by atoms with van der Waals surface area (Å²) in [6.45, 7) is 4.01. The third-order valence-corrected chi connectivity index (χ3v) is 4.99. The highest BCUT2D eigenvalue weighted by Gasteiger charge is 2.30. The van der Waals surface area contributed by atoms with E-state index in [2.05, 4.69) is 10.3 Å². The van der Waals surface area contributed by atoms with Gasteiger partial charge in [-0.2, -0.15) is 13.2 Å². The summed E-state index contributed by atoms with van der Waals surface area (Å²) >= 11 is 5.55. The minimum absolute atomic E-state index is 0.318. The van der Waals surface area contributed by atoms with Crippen LogP contribution in [0.15, 0.2) is 67.3 Å².